The Balaban J connectivity index is 1.79. The summed E-state index contributed by atoms with van der Waals surface area (Å²) in [5.41, 5.74) is 0.0134. The monoisotopic (exact) mass is 335 g/mol. The molecule has 0 aromatic heterocycles. The van der Waals surface area contributed by atoms with Gasteiger partial charge in [0.1, 0.15) is 17.4 Å². The fourth-order valence-corrected chi connectivity index (χ4v) is 1.94. The van der Waals surface area contributed by atoms with Crippen molar-refractivity contribution < 1.29 is 14.5 Å². The molecule has 0 saturated carbocycles. The van der Waals surface area contributed by atoms with Crippen molar-refractivity contribution in [2.45, 2.75) is 0 Å². The number of rotatable bonds is 6. The summed E-state index contributed by atoms with van der Waals surface area (Å²) < 4.78 is 5.42. The van der Waals surface area contributed by atoms with E-state index in [-0.39, 0.29) is 22.9 Å². The van der Waals surface area contributed by atoms with Gasteiger partial charge in [-0.25, -0.2) is 4.79 Å². The molecule has 7 nitrogen and oxygen atoms in total. The summed E-state index contributed by atoms with van der Waals surface area (Å²) in [5, 5.41) is 15.9. The Hall–Kier alpha value is -2.80. The van der Waals surface area contributed by atoms with Gasteiger partial charge >= 0.3 is 6.03 Å². The van der Waals surface area contributed by atoms with E-state index in [1.807, 2.05) is 30.3 Å². The first-order chi connectivity index (χ1) is 11.1. The number of benzene rings is 2. The molecule has 0 aliphatic heterocycles. The Morgan fingerprint density at radius 3 is 2.65 bits per heavy atom. The average molecular weight is 336 g/mol. The summed E-state index contributed by atoms with van der Waals surface area (Å²) in [6.07, 6.45) is 0. The molecular weight excluding hydrogens is 322 g/mol. The predicted octanol–water partition coefficient (Wildman–Crippen LogP) is 3.45. The average Bonchev–Trinajstić information content (AvgIpc) is 2.54. The van der Waals surface area contributed by atoms with Crippen LogP contribution < -0.4 is 15.4 Å². The van der Waals surface area contributed by atoms with Crippen LogP contribution in [0.15, 0.2) is 48.5 Å². The SMILES string of the molecule is O=C(NCCOc1ccccc1)Nc1ccc(Cl)c([N+](=O)[O-])c1. The van der Waals surface area contributed by atoms with Gasteiger partial charge in [0.2, 0.25) is 0 Å². The normalized spacial score (nSPS) is 9.96. The van der Waals surface area contributed by atoms with E-state index >= 15 is 0 Å². The summed E-state index contributed by atoms with van der Waals surface area (Å²) in [6.45, 7) is 0.592. The second kappa shape index (κ2) is 8.00. The zero-order valence-electron chi connectivity index (χ0n) is 12.0. The van der Waals surface area contributed by atoms with E-state index < -0.39 is 11.0 Å². The number of nitrogens with one attached hydrogen (secondary N) is 2. The molecule has 0 aliphatic carbocycles. The number of halogens is 1. The Bertz CT molecular complexity index is 694. The number of ether oxygens (including phenoxy) is 1. The molecule has 2 aromatic carbocycles. The lowest BCUT2D eigenvalue weighted by atomic mass is 10.3. The number of carbonyl (C=O) groups excluding carboxylic acids is 1. The lowest BCUT2D eigenvalue weighted by Crippen LogP contribution is -2.32. The zero-order valence-corrected chi connectivity index (χ0v) is 12.7. The third-order valence-electron chi connectivity index (χ3n) is 2.80. The van der Waals surface area contributed by atoms with Gasteiger partial charge in [0.15, 0.2) is 0 Å². The third-order valence-corrected chi connectivity index (χ3v) is 3.12. The summed E-state index contributed by atoms with van der Waals surface area (Å²) in [7, 11) is 0. The molecule has 2 rings (SSSR count). The maximum Gasteiger partial charge on any atom is 0.319 e. The highest BCUT2D eigenvalue weighted by atomic mass is 35.5. The van der Waals surface area contributed by atoms with Gasteiger partial charge in [-0.15, -0.1) is 0 Å². The van der Waals surface area contributed by atoms with Gasteiger partial charge < -0.3 is 15.4 Å². The lowest BCUT2D eigenvalue weighted by molar-refractivity contribution is -0.384. The van der Waals surface area contributed by atoms with Crippen molar-refractivity contribution in [1.82, 2.24) is 5.32 Å². The van der Waals surface area contributed by atoms with Gasteiger partial charge in [-0.1, -0.05) is 29.8 Å². The fraction of sp³-hybridized carbons (Fsp3) is 0.133. The largest absolute Gasteiger partial charge is 0.492 e. The molecule has 0 unspecified atom stereocenters. The standard InChI is InChI=1S/C15H14ClN3O4/c16-13-7-6-11(10-14(13)19(21)22)18-15(20)17-8-9-23-12-4-2-1-3-5-12/h1-7,10H,8-9H2,(H2,17,18,20). The minimum absolute atomic E-state index is 0.0113. The topological polar surface area (TPSA) is 93.5 Å². The first kappa shape index (κ1) is 16.6. The maximum absolute atomic E-state index is 11.7. The number of amides is 2. The van der Waals surface area contributed by atoms with Gasteiger partial charge in [-0.3, -0.25) is 10.1 Å². The van der Waals surface area contributed by atoms with Crippen molar-refractivity contribution in [1.29, 1.82) is 0 Å². The quantitative estimate of drug-likeness (QED) is 0.480. The number of hydrogen-bond acceptors (Lipinski definition) is 4. The predicted molar refractivity (Wildman–Crippen MR) is 87.1 cm³/mol. The lowest BCUT2D eigenvalue weighted by Gasteiger charge is -2.09. The van der Waals surface area contributed by atoms with Gasteiger partial charge in [0.05, 0.1) is 11.5 Å². The van der Waals surface area contributed by atoms with E-state index in [1.165, 1.54) is 18.2 Å². The number of carbonyl (C=O) groups is 1. The van der Waals surface area contributed by atoms with Crippen molar-refractivity contribution in [3.8, 4) is 5.75 Å². The van der Waals surface area contributed by atoms with Crippen molar-refractivity contribution in [3.05, 3.63) is 63.7 Å². The summed E-state index contributed by atoms with van der Waals surface area (Å²) in [4.78, 5) is 21.9. The second-order valence-electron chi connectivity index (χ2n) is 4.47. The molecule has 0 saturated heterocycles. The Labute approximate surface area is 137 Å². The third kappa shape index (κ3) is 5.15. The second-order valence-corrected chi connectivity index (χ2v) is 4.87. The molecule has 120 valence electrons. The molecule has 2 aromatic rings. The number of para-hydroxylation sites is 1. The van der Waals surface area contributed by atoms with E-state index in [2.05, 4.69) is 10.6 Å². The van der Waals surface area contributed by atoms with Crippen LogP contribution in [0.25, 0.3) is 0 Å². The first-order valence-corrected chi connectivity index (χ1v) is 7.10. The van der Waals surface area contributed by atoms with Crippen LogP contribution in [0, 0.1) is 10.1 Å². The van der Waals surface area contributed by atoms with Crippen molar-refractivity contribution in [3.63, 3.8) is 0 Å². The Kier molecular flexibility index (Phi) is 5.76. The number of urea groups is 1. The van der Waals surface area contributed by atoms with E-state index in [4.69, 9.17) is 16.3 Å². The number of nitro groups is 1. The van der Waals surface area contributed by atoms with Crippen LogP contribution in [-0.4, -0.2) is 24.1 Å². The van der Waals surface area contributed by atoms with E-state index in [0.717, 1.165) is 0 Å². The number of nitrogens with zero attached hydrogens (tertiary/aromatic N) is 1. The summed E-state index contributed by atoms with van der Waals surface area (Å²) >= 11 is 5.70. The van der Waals surface area contributed by atoms with Crippen LogP contribution in [0.4, 0.5) is 16.2 Å². The van der Waals surface area contributed by atoms with Crippen molar-refractivity contribution in [2.24, 2.45) is 0 Å². The molecule has 0 atom stereocenters. The van der Waals surface area contributed by atoms with Gasteiger partial charge in [0, 0.05) is 11.8 Å². The molecule has 0 spiro atoms. The minimum atomic E-state index is -0.612. The fourth-order valence-electron chi connectivity index (χ4n) is 1.76. The Morgan fingerprint density at radius 2 is 1.96 bits per heavy atom. The van der Waals surface area contributed by atoms with Gasteiger partial charge in [0.25, 0.3) is 5.69 Å². The summed E-state index contributed by atoms with van der Waals surface area (Å²) in [5.74, 6) is 0.711. The van der Waals surface area contributed by atoms with Crippen LogP contribution in [0.3, 0.4) is 0 Å². The van der Waals surface area contributed by atoms with E-state index in [0.29, 0.717) is 12.4 Å². The van der Waals surface area contributed by atoms with Gasteiger partial charge in [-0.05, 0) is 24.3 Å². The molecule has 8 heteroatoms. The van der Waals surface area contributed by atoms with Crippen LogP contribution in [0.2, 0.25) is 5.02 Å². The number of nitro benzene ring substituents is 1. The molecule has 0 bridgehead atoms. The Morgan fingerprint density at radius 1 is 1.22 bits per heavy atom. The highest BCUT2D eigenvalue weighted by molar-refractivity contribution is 6.32. The zero-order chi connectivity index (χ0) is 16.7. The highest BCUT2D eigenvalue weighted by Crippen LogP contribution is 2.27. The van der Waals surface area contributed by atoms with Crippen LogP contribution in [-0.2, 0) is 0 Å². The minimum Gasteiger partial charge on any atom is -0.492 e. The first-order valence-electron chi connectivity index (χ1n) is 6.73. The van der Waals surface area contributed by atoms with E-state index in [9.17, 15) is 14.9 Å². The van der Waals surface area contributed by atoms with E-state index in [1.54, 1.807) is 0 Å². The van der Waals surface area contributed by atoms with Crippen LogP contribution in [0.5, 0.6) is 5.75 Å². The maximum atomic E-state index is 11.7. The molecule has 23 heavy (non-hydrogen) atoms. The number of anilines is 1. The summed E-state index contributed by atoms with van der Waals surface area (Å²) in [6, 6.07) is 12.7. The van der Waals surface area contributed by atoms with Crippen molar-refractivity contribution >= 4 is 29.0 Å². The molecular formula is C15H14ClN3O4. The van der Waals surface area contributed by atoms with Crippen LogP contribution in [0.1, 0.15) is 0 Å². The molecule has 2 amide bonds. The van der Waals surface area contributed by atoms with Gasteiger partial charge in [-0.2, -0.15) is 0 Å². The highest BCUT2D eigenvalue weighted by Gasteiger charge is 2.13. The molecule has 0 fully saturated rings. The van der Waals surface area contributed by atoms with Crippen molar-refractivity contribution in [2.75, 3.05) is 18.5 Å². The molecule has 0 aliphatic rings. The smallest absolute Gasteiger partial charge is 0.319 e. The molecule has 0 radical (unpaired) electrons. The number of hydrogen-bond donors (Lipinski definition) is 2. The molecule has 0 heterocycles. The molecule has 2 N–H and O–H groups in total. The van der Waals surface area contributed by atoms with Crippen LogP contribution >= 0.6 is 11.6 Å².